The van der Waals surface area contributed by atoms with Crippen molar-refractivity contribution in [1.82, 2.24) is 9.97 Å². The first-order valence-electron chi connectivity index (χ1n) is 3.91. The Balaban J connectivity index is 0.000000845. The molecule has 0 aliphatic rings. The van der Waals surface area contributed by atoms with Crippen LogP contribution in [0.2, 0.25) is 0 Å². The molecule has 2 nitrogen and oxygen atoms in total. The Hall–Kier alpha value is -0.336. The van der Waals surface area contributed by atoms with Gasteiger partial charge in [-0.25, -0.2) is 12.1 Å². The molecule has 2 aromatic heterocycles. The van der Waals surface area contributed by atoms with Crippen LogP contribution in [0, 0.1) is 26.0 Å². The van der Waals surface area contributed by atoms with E-state index in [-0.39, 0.29) is 32.7 Å². The van der Waals surface area contributed by atoms with Gasteiger partial charge in [-0.05, 0) is 0 Å². The number of aromatic nitrogens is 2. The maximum absolute atomic E-state index is 3.23. The van der Waals surface area contributed by atoms with Gasteiger partial charge >= 0.3 is 0 Å². The average Bonchev–Trinajstić information content (AvgIpc) is 2.61. The van der Waals surface area contributed by atoms with Crippen LogP contribution in [0.25, 0.3) is 11.4 Å². The Bertz CT molecular complexity index is 354. The summed E-state index contributed by atoms with van der Waals surface area (Å²) in [6.07, 6.45) is 1.86. The molecular formula is C10H10N2Y-2. The van der Waals surface area contributed by atoms with E-state index in [0.717, 1.165) is 22.6 Å². The Morgan fingerprint density at radius 1 is 1.23 bits per heavy atom. The van der Waals surface area contributed by atoms with Crippen LogP contribution < -0.4 is 0 Å². The SMILES string of the molecule is Cc1[c-]c(-c2[c-]cc[nH]2)[nH]c1C.[Y]. The molecule has 0 aliphatic heterocycles. The standard InChI is InChI=1S/C10H10N2.Y/c1-7-6-10(12-8(7)2)9-4-3-5-11-9;/h3,5,11-12H,1-2H3;/q-2;. The zero-order valence-corrected chi connectivity index (χ0v) is 10.6. The van der Waals surface area contributed by atoms with Crippen molar-refractivity contribution in [2.75, 3.05) is 0 Å². The van der Waals surface area contributed by atoms with Gasteiger partial charge in [-0.15, -0.1) is 6.20 Å². The largest absolute Gasteiger partial charge is 0.486 e. The van der Waals surface area contributed by atoms with E-state index in [9.17, 15) is 0 Å². The van der Waals surface area contributed by atoms with E-state index in [1.807, 2.05) is 26.1 Å². The van der Waals surface area contributed by atoms with Crippen LogP contribution in [0.3, 0.4) is 0 Å². The van der Waals surface area contributed by atoms with Crippen LogP contribution in [0.1, 0.15) is 11.3 Å². The summed E-state index contributed by atoms with van der Waals surface area (Å²) in [4.78, 5) is 6.30. The van der Waals surface area contributed by atoms with Gasteiger partial charge in [-0.1, -0.05) is 19.5 Å². The molecule has 2 N–H and O–H groups in total. The molecule has 0 aliphatic carbocycles. The molecule has 3 heteroatoms. The molecule has 0 spiro atoms. The van der Waals surface area contributed by atoms with Gasteiger partial charge in [0.25, 0.3) is 0 Å². The number of hydrogen-bond donors (Lipinski definition) is 2. The number of nitrogens with one attached hydrogen (secondary N) is 2. The number of rotatable bonds is 1. The fourth-order valence-electron chi connectivity index (χ4n) is 1.15. The molecule has 2 rings (SSSR count). The third-order valence-corrected chi connectivity index (χ3v) is 1.98. The molecule has 0 saturated heterocycles. The van der Waals surface area contributed by atoms with Crippen LogP contribution >= 0.6 is 0 Å². The smallest absolute Gasteiger partial charge is 0 e. The monoisotopic (exact) mass is 247 g/mol. The van der Waals surface area contributed by atoms with Crippen molar-refractivity contribution >= 4 is 0 Å². The summed E-state index contributed by atoms with van der Waals surface area (Å²) >= 11 is 0. The Kier molecular flexibility index (Phi) is 3.51. The summed E-state index contributed by atoms with van der Waals surface area (Å²) < 4.78 is 0. The Labute approximate surface area is 103 Å². The van der Waals surface area contributed by atoms with Crippen molar-refractivity contribution in [3.05, 3.63) is 35.7 Å². The van der Waals surface area contributed by atoms with Gasteiger partial charge < -0.3 is 9.97 Å². The molecule has 1 radical (unpaired) electrons. The Morgan fingerprint density at radius 3 is 2.46 bits per heavy atom. The summed E-state index contributed by atoms with van der Waals surface area (Å²) in [7, 11) is 0. The second kappa shape index (κ2) is 4.25. The minimum Gasteiger partial charge on any atom is -0.486 e. The van der Waals surface area contributed by atoms with E-state index in [1.165, 1.54) is 0 Å². The predicted octanol–water partition coefficient (Wildman–Crippen LogP) is 2.22. The van der Waals surface area contributed by atoms with Crippen LogP contribution in [0.4, 0.5) is 0 Å². The first-order valence-corrected chi connectivity index (χ1v) is 3.91. The van der Waals surface area contributed by atoms with Crippen LogP contribution in [0.5, 0.6) is 0 Å². The van der Waals surface area contributed by atoms with Gasteiger partial charge in [0.1, 0.15) is 0 Å². The third kappa shape index (κ3) is 2.12. The summed E-state index contributed by atoms with van der Waals surface area (Å²) in [6.45, 7) is 4.08. The first-order chi connectivity index (χ1) is 5.77. The zero-order chi connectivity index (χ0) is 8.55. The molecule has 0 atom stereocenters. The quantitative estimate of drug-likeness (QED) is 0.724. The molecule has 2 heterocycles. The number of H-pyrrole nitrogens is 2. The fraction of sp³-hybridized carbons (Fsp3) is 0.200. The normalized spacial score (nSPS) is 9.69. The summed E-state index contributed by atoms with van der Waals surface area (Å²) in [6, 6.07) is 8.16. The fourth-order valence-corrected chi connectivity index (χ4v) is 1.15. The van der Waals surface area contributed by atoms with Crippen LogP contribution in [-0.4, -0.2) is 9.97 Å². The molecule has 0 aromatic carbocycles. The third-order valence-electron chi connectivity index (χ3n) is 1.98. The van der Waals surface area contributed by atoms with Crippen molar-refractivity contribution in [2.24, 2.45) is 0 Å². The number of aromatic amines is 2. The Morgan fingerprint density at radius 2 is 2.00 bits per heavy atom. The van der Waals surface area contributed by atoms with E-state index in [0.29, 0.717) is 0 Å². The van der Waals surface area contributed by atoms with Crippen LogP contribution in [-0.2, 0) is 32.7 Å². The average molecular weight is 247 g/mol. The van der Waals surface area contributed by atoms with Gasteiger partial charge in [0.15, 0.2) is 0 Å². The van der Waals surface area contributed by atoms with Crippen LogP contribution in [0.15, 0.2) is 12.3 Å². The topological polar surface area (TPSA) is 31.6 Å². The maximum Gasteiger partial charge on any atom is 0 e. The van der Waals surface area contributed by atoms with Crippen molar-refractivity contribution in [3.63, 3.8) is 0 Å². The van der Waals surface area contributed by atoms with E-state index < -0.39 is 0 Å². The van der Waals surface area contributed by atoms with Gasteiger partial charge in [0, 0.05) is 32.7 Å². The van der Waals surface area contributed by atoms with E-state index in [2.05, 4.69) is 22.1 Å². The summed E-state index contributed by atoms with van der Waals surface area (Å²) in [5, 5.41) is 0. The summed E-state index contributed by atoms with van der Waals surface area (Å²) in [5.41, 5.74) is 4.27. The van der Waals surface area contributed by atoms with E-state index >= 15 is 0 Å². The molecule has 0 unspecified atom stereocenters. The second-order valence-corrected chi connectivity index (χ2v) is 2.87. The van der Waals surface area contributed by atoms with Crippen molar-refractivity contribution in [2.45, 2.75) is 13.8 Å². The molecule has 0 amide bonds. The van der Waals surface area contributed by atoms with Crippen molar-refractivity contribution in [1.29, 1.82) is 0 Å². The molecule has 2 aromatic rings. The minimum absolute atomic E-state index is 0. The van der Waals surface area contributed by atoms with Crippen molar-refractivity contribution < 1.29 is 32.7 Å². The molecule has 65 valence electrons. The number of hydrogen-bond acceptors (Lipinski definition) is 0. The van der Waals surface area contributed by atoms with E-state index in [4.69, 9.17) is 0 Å². The zero-order valence-electron chi connectivity index (χ0n) is 7.73. The first kappa shape index (κ1) is 10.7. The molecule has 13 heavy (non-hydrogen) atoms. The number of aryl methyl sites for hydroxylation is 2. The van der Waals surface area contributed by atoms with E-state index in [1.54, 1.807) is 0 Å². The molecule has 0 fully saturated rings. The molecule has 0 saturated carbocycles. The van der Waals surface area contributed by atoms with Crippen molar-refractivity contribution in [3.8, 4) is 11.4 Å². The minimum atomic E-state index is 0. The van der Waals surface area contributed by atoms with Gasteiger partial charge in [-0.3, -0.25) is 0 Å². The molecular weight excluding hydrogens is 237 g/mol. The van der Waals surface area contributed by atoms with Gasteiger partial charge in [0.2, 0.25) is 0 Å². The van der Waals surface area contributed by atoms with Gasteiger partial charge in [-0.2, -0.15) is 23.0 Å². The van der Waals surface area contributed by atoms with Gasteiger partial charge in [0.05, 0.1) is 0 Å². The maximum atomic E-state index is 3.23. The summed E-state index contributed by atoms with van der Waals surface area (Å²) in [5.74, 6) is 0. The molecule has 0 bridgehead atoms. The second-order valence-electron chi connectivity index (χ2n) is 2.87. The predicted molar refractivity (Wildman–Crippen MR) is 47.7 cm³/mol.